The first-order valence-electron chi connectivity index (χ1n) is 11.1. The summed E-state index contributed by atoms with van der Waals surface area (Å²) in [6.45, 7) is 2.29. The second kappa shape index (κ2) is 8.38. The second-order valence-corrected chi connectivity index (χ2v) is 8.90. The topological polar surface area (TPSA) is 77.7 Å². The quantitative estimate of drug-likeness (QED) is 0.725. The van der Waals surface area contributed by atoms with Gasteiger partial charge in [-0.15, -0.1) is 0 Å². The summed E-state index contributed by atoms with van der Waals surface area (Å²) in [6, 6.07) is 9.48. The monoisotopic (exact) mass is 411 g/mol. The molecular formula is C23H29N3O4. The van der Waals surface area contributed by atoms with Crippen LogP contribution in [0.2, 0.25) is 0 Å². The highest BCUT2D eigenvalue weighted by atomic mass is 16.5. The number of benzene rings is 1. The minimum absolute atomic E-state index is 0.0421. The van der Waals surface area contributed by atoms with Crippen LogP contribution in [0.1, 0.15) is 56.2 Å². The van der Waals surface area contributed by atoms with Gasteiger partial charge in [-0.2, -0.15) is 4.98 Å². The highest BCUT2D eigenvalue weighted by molar-refractivity contribution is 5.77. The molecule has 1 aromatic carbocycles. The van der Waals surface area contributed by atoms with Gasteiger partial charge in [0.2, 0.25) is 5.89 Å². The number of amides is 1. The predicted molar refractivity (Wildman–Crippen MR) is 109 cm³/mol. The minimum atomic E-state index is -0.122. The van der Waals surface area contributed by atoms with Crippen molar-refractivity contribution in [1.29, 1.82) is 0 Å². The van der Waals surface area contributed by atoms with Crippen LogP contribution in [-0.4, -0.2) is 52.9 Å². The highest BCUT2D eigenvalue weighted by Gasteiger charge is 2.41. The van der Waals surface area contributed by atoms with Crippen LogP contribution in [0.3, 0.4) is 0 Å². The number of ether oxygens (including phenoxy) is 2. The second-order valence-electron chi connectivity index (χ2n) is 8.90. The molecule has 3 heterocycles. The number of nitrogens with zero attached hydrogens (tertiary/aromatic N) is 3. The fourth-order valence-corrected chi connectivity index (χ4v) is 4.67. The van der Waals surface area contributed by atoms with Gasteiger partial charge in [0.15, 0.2) is 12.4 Å². The zero-order valence-corrected chi connectivity index (χ0v) is 17.3. The van der Waals surface area contributed by atoms with Crippen LogP contribution in [0.4, 0.5) is 0 Å². The Balaban J connectivity index is 1.11. The Kier molecular flexibility index (Phi) is 5.46. The van der Waals surface area contributed by atoms with Crippen LogP contribution in [0.15, 0.2) is 34.9 Å². The molecule has 0 bridgehead atoms. The van der Waals surface area contributed by atoms with E-state index in [0.717, 1.165) is 69.3 Å². The van der Waals surface area contributed by atoms with Gasteiger partial charge in [-0.05, 0) is 56.6 Å². The fourth-order valence-electron chi connectivity index (χ4n) is 4.67. The van der Waals surface area contributed by atoms with Gasteiger partial charge in [0, 0.05) is 32.0 Å². The van der Waals surface area contributed by atoms with Crippen molar-refractivity contribution in [2.45, 2.75) is 56.5 Å². The molecular weight excluding hydrogens is 382 g/mol. The van der Waals surface area contributed by atoms with Crippen LogP contribution in [-0.2, 0) is 16.0 Å². The van der Waals surface area contributed by atoms with Gasteiger partial charge in [0.25, 0.3) is 5.91 Å². The molecule has 3 fully saturated rings. The zero-order chi connectivity index (χ0) is 20.4. The molecule has 2 aliphatic heterocycles. The van der Waals surface area contributed by atoms with Crippen molar-refractivity contribution in [2.75, 3.05) is 26.3 Å². The number of carbonyl (C=O) groups excluding carboxylic acids is 1. The maximum absolute atomic E-state index is 12.5. The van der Waals surface area contributed by atoms with Crippen molar-refractivity contribution >= 4 is 5.91 Å². The molecule has 1 atom stereocenters. The standard InChI is InChI=1S/C23H29N3O4/c27-21(16-28-19-4-2-1-3-5-19)26-11-9-23(10-12-26)15-17(8-13-29-23)14-20-24-22(30-25-20)18-6-7-18/h1-5,17-18H,6-16H2. The van der Waals surface area contributed by atoms with Crippen LogP contribution in [0, 0.1) is 5.92 Å². The summed E-state index contributed by atoms with van der Waals surface area (Å²) >= 11 is 0. The van der Waals surface area contributed by atoms with Crippen molar-refractivity contribution in [2.24, 2.45) is 5.92 Å². The molecule has 1 amide bonds. The maximum atomic E-state index is 12.5. The van der Waals surface area contributed by atoms with E-state index in [1.165, 1.54) is 12.8 Å². The van der Waals surface area contributed by atoms with Crippen LogP contribution < -0.4 is 4.74 Å². The number of likely N-dealkylation sites (tertiary alicyclic amines) is 1. The van der Waals surface area contributed by atoms with Gasteiger partial charge in [-0.25, -0.2) is 0 Å². The van der Waals surface area contributed by atoms with Crippen molar-refractivity contribution in [3.63, 3.8) is 0 Å². The van der Waals surface area contributed by atoms with Gasteiger partial charge >= 0.3 is 0 Å². The first kappa shape index (κ1) is 19.5. The largest absolute Gasteiger partial charge is 0.484 e. The summed E-state index contributed by atoms with van der Waals surface area (Å²) in [5, 5.41) is 4.19. The molecule has 7 heteroatoms. The van der Waals surface area contributed by atoms with Gasteiger partial charge in [0.1, 0.15) is 5.75 Å². The third-order valence-corrected chi connectivity index (χ3v) is 6.61. The Hall–Kier alpha value is -2.41. The third-order valence-electron chi connectivity index (χ3n) is 6.61. The van der Waals surface area contributed by atoms with Gasteiger partial charge in [-0.3, -0.25) is 4.79 Å². The van der Waals surface area contributed by atoms with Gasteiger partial charge < -0.3 is 18.9 Å². The molecule has 0 N–H and O–H groups in total. The maximum Gasteiger partial charge on any atom is 0.260 e. The summed E-state index contributed by atoms with van der Waals surface area (Å²) < 4.78 is 17.3. The molecule has 1 aromatic heterocycles. The summed E-state index contributed by atoms with van der Waals surface area (Å²) in [5.41, 5.74) is -0.122. The van der Waals surface area contributed by atoms with Crippen molar-refractivity contribution in [1.82, 2.24) is 15.0 Å². The third kappa shape index (κ3) is 4.51. The molecule has 7 nitrogen and oxygen atoms in total. The Morgan fingerprint density at radius 2 is 1.97 bits per heavy atom. The molecule has 1 aliphatic carbocycles. The number of carbonyl (C=O) groups is 1. The Bertz CT molecular complexity index is 856. The van der Waals surface area contributed by atoms with Crippen LogP contribution in [0.5, 0.6) is 5.75 Å². The molecule has 1 unspecified atom stereocenters. The van der Waals surface area contributed by atoms with E-state index in [2.05, 4.69) is 10.1 Å². The highest BCUT2D eigenvalue weighted by Crippen LogP contribution is 2.40. The number of rotatable bonds is 6. The summed E-state index contributed by atoms with van der Waals surface area (Å²) in [5.74, 6) is 3.43. The van der Waals surface area contributed by atoms with E-state index < -0.39 is 0 Å². The van der Waals surface area contributed by atoms with E-state index in [4.69, 9.17) is 14.0 Å². The SMILES string of the molecule is O=C(COc1ccccc1)N1CCC2(CC1)CC(Cc1noc(C3CC3)n1)CCO2. The van der Waals surface area contributed by atoms with Crippen LogP contribution in [0.25, 0.3) is 0 Å². The average Bonchev–Trinajstić information content (AvgIpc) is 3.53. The fraction of sp³-hybridized carbons (Fsp3) is 0.609. The van der Waals surface area contributed by atoms with E-state index in [-0.39, 0.29) is 18.1 Å². The van der Waals surface area contributed by atoms with Gasteiger partial charge in [0.05, 0.1) is 5.60 Å². The first-order chi connectivity index (χ1) is 14.7. The molecule has 0 radical (unpaired) electrons. The molecule has 30 heavy (non-hydrogen) atoms. The molecule has 2 aromatic rings. The lowest BCUT2D eigenvalue weighted by Crippen LogP contribution is -2.51. The molecule has 3 aliphatic rings. The number of hydrogen-bond donors (Lipinski definition) is 0. The average molecular weight is 412 g/mol. The van der Waals surface area contributed by atoms with E-state index in [1.807, 2.05) is 35.2 Å². The first-order valence-corrected chi connectivity index (χ1v) is 11.1. The minimum Gasteiger partial charge on any atom is -0.484 e. The number of aromatic nitrogens is 2. The molecule has 5 rings (SSSR count). The molecule has 2 saturated heterocycles. The Labute approximate surface area is 176 Å². The lowest BCUT2D eigenvalue weighted by molar-refractivity contribution is -0.148. The molecule has 160 valence electrons. The van der Waals surface area contributed by atoms with E-state index in [9.17, 15) is 4.79 Å². The summed E-state index contributed by atoms with van der Waals surface area (Å²) in [6.07, 6.45) is 6.99. The molecule has 1 saturated carbocycles. The van der Waals surface area contributed by atoms with E-state index in [1.54, 1.807) is 0 Å². The molecule has 1 spiro atoms. The van der Waals surface area contributed by atoms with Crippen molar-refractivity contribution < 1.29 is 18.8 Å². The number of para-hydroxylation sites is 1. The van der Waals surface area contributed by atoms with Crippen molar-refractivity contribution in [3.8, 4) is 5.75 Å². The predicted octanol–water partition coefficient (Wildman–Crippen LogP) is 3.36. The number of hydrogen-bond acceptors (Lipinski definition) is 6. The zero-order valence-electron chi connectivity index (χ0n) is 17.3. The lowest BCUT2D eigenvalue weighted by atomic mass is 9.78. The summed E-state index contributed by atoms with van der Waals surface area (Å²) in [4.78, 5) is 19.0. The lowest BCUT2D eigenvalue weighted by Gasteiger charge is -2.46. The number of piperidine rings is 1. The Morgan fingerprint density at radius 3 is 2.73 bits per heavy atom. The van der Waals surface area contributed by atoms with Crippen LogP contribution >= 0.6 is 0 Å². The Morgan fingerprint density at radius 1 is 1.17 bits per heavy atom. The smallest absolute Gasteiger partial charge is 0.260 e. The van der Waals surface area contributed by atoms with E-state index >= 15 is 0 Å². The van der Waals surface area contributed by atoms with Crippen molar-refractivity contribution in [3.05, 3.63) is 42.0 Å². The van der Waals surface area contributed by atoms with Gasteiger partial charge in [-0.1, -0.05) is 23.4 Å². The summed E-state index contributed by atoms with van der Waals surface area (Å²) in [7, 11) is 0. The normalized spacial score (nSPS) is 23.5. The van der Waals surface area contributed by atoms with E-state index in [0.29, 0.717) is 11.8 Å².